The van der Waals surface area contributed by atoms with E-state index >= 15 is 0 Å². The molecular weight excluding hydrogens is 188 g/mol. The van der Waals surface area contributed by atoms with Gasteiger partial charge in [0.15, 0.2) is 10.2 Å². The second kappa shape index (κ2) is 4.08. The van der Waals surface area contributed by atoms with Gasteiger partial charge in [-0.1, -0.05) is 0 Å². The molecule has 1 aromatic heterocycles. The van der Waals surface area contributed by atoms with E-state index in [-0.39, 0.29) is 15.8 Å². The summed E-state index contributed by atoms with van der Waals surface area (Å²) < 4.78 is 1.51. The normalized spacial score (nSPS) is 9.92. The molecule has 6 heteroatoms. The van der Waals surface area contributed by atoms with E-state index in [4.69, 9.17) is 11.1 Å². The molecule has 0 radical (unpaired) electrons. The summed E-state index contributed by atoms with van der Waals surface area (Å²) in [5.74, 6) is 0. The molecule has 13 heavy (non-hydrogen) atoms. The molecule has 0 amide bonds. The summed E-state index contributed by atoms with van der Waals surface area (Å²) in [7, 11) is 0. The van der Waals surface area contributed by atoms with Crippen LogP contribution in [0.4, 0.5) is 0 Å². The van der Waals surface area contributed by atoms with Crippen molar-refractivity contribution in [2.75, 3.05) is 0 Å². The number of hydrogen-bond donors (Lipinski definition) is 2. The Kier molecular flexibility index (Phi) is 3.07. The van der Waals surface area contributed by atoms with Gasteiger partial charge in [-0.3, -0.25) is 10.2 Å². The van der Waals surface area contributed by atoms with Gasteiger partial charge in [-0.15, -0.1) is 0 Å². The van der Waals surface area contributed by atoms with Gasteiger partial charge >= 0.3 is 0 Å². The fraction of sp³-hybridized carbons (Fsp3) is 0.286. The number of aryl methyl sites for hydroxylation is 1. The van der Waals surface area contributed by atoms with E-state index in [1.54, 1.807) is 6.20 Å². The minimum Gasteiger partial charge on any atom is -0.378 e. The zero-order chi connectivity index (χ0) is 9.84. The van der Waals surface area contributed by atoms with Crippen LogP contribution in [0.1, 0.15) is 6.92 Å². The molecule has 0 atom stereocenters. The van der Waals surface area contributed by atoms with Crippen molar-refractivity contribution in [3.8, 4) is 0 Å². The molecule has 0 bridgehead atoms. The summed E-state index contributed by atoms with van der Waals surface area (Å²) in [5.41, 5.74) is 4.94. The summed E-state index contributed by atoms with van der Waals surface area (Å²) in [5, 5.41) is 7.13. The van der Waals surface area contributed by atoms with Crippen molar-refractivity contribution in [3.63, 3.8) is 0 Å². The first-order valence-corrected chi connectivity index (χ1v) is 4.54. The van der Waals surface area contributed by atoms with Gasteiger partial charge in [0.2, 0.25) is 0 Å². The van der Waals surface area contributed by atoms with E-state index in [9.17, 15) is 4.79 Å². The number of nitrogens with one attached hydrogen (secondary N) is 1. The number of nitrogens with zero attached hydrogens (tertiary/aromatic N) is 2. The molecule has 0 unspecified atom stereocenters. The van der Waals surface area contributed by atoms with Crippen molar-refractivity contribution < 1.29 is 0 Å². The third kappa shape index (κ3) is 2.32. The molecule has 0 saturated carbocycles. The van der Waals surface area contributed by atoms with E-state index in [1.165, 1.54) is 10.8 Å². The Hall–Kier alpha value is -1.30. The first kappa shape index (κ1) is 9.79. The van der Waals surface area contributed by atoms with E-state index in [2.05, 4.69) is 4.98 Å². The van der Waals surface area contributed by atoms with Gasteiger partial charge in [0.25, 0.3) is 5.56 Å². The molecule has 70 valence electrons. The Morgan fingerprint density at radius 1 is 1.85 bits per heavy atom. The molecule has 1 aromatic rings. The number of rotatable bonds is 2. The standard InChI is InChI=1S/C7H10N4OS/c1-2-11-4-3-10-5(6(11)12)13-7(8)9/h3-4H,2H2,1H3,(H3,8,9). The van der Waals surface area contributed by atoms with Crippen molar-refractivity contribution >= 4 is 16.9 Å². The van der Waals surface area contributed by atoms with Crippen LogP contribution in [0.3, 0.4) is 0 Å². The molecule has 0 aliphatic rings. The van der Waals surface area contributed by atoms with Gasteiger partial charge in [0.1, 0.15) is 0 Å². The summed E-state index contributed by atoms with van der Waals surface area (Å²) in [6, 6.07) is 0. The van der Waals surface area contributed by atoms with Crippen LogP contribution in [0.15, 0.2) is 22.2 Å². The molecule has 5 nitrogen and oxygen atoms in total. The lowest BCUT2D eigenvalue weighted by Gasteiger charge is -2.02. The van der Waals surface area contributed by atoms with E-state index in [0.717, 1.165) is 11.8 Å². The van der Waals surface area contributed by atoms with Crippen molar-refractivity contribution in [2.24, 2.45) is 5.73 Å². The van der Waals surface area contributed by atoms with E-state index < -0.39 is 0 Å². The lowest BCUT2D eigenvalue weighted by Crippen LogP contribution is -2.22. The highest BCUT2D eigenvalue weighted by Crippen LogP contribution is 2.07. The summed E-state index contributed by atoms with van der Waals surface area (Å²) >= 11 is 0.871. The maximum absolute atomic E-state index is 11.5. The Morgan fingerprint density at radius 3 is 3.08 bits per heavy atom. The maximum Gasteiger partial charge on any atom is 0.283 e. The molecule has 0 spiro atoms. The summed E-state index contributed by atoms with van der Waals surface area (Å²) in [4.78, 5) is 15.3. The van der Waals surface area contributed by atoms with Gasteiger partial charge in [-0.05, 0) is 18.7 Å². The molecule has 1 heterocycles. The third-order valence-electron chi connectivity index (χ3n) is 1.43. The average molecular weight is 198 g/mol. The summed E-state index contributed by atoms with van der Waals surface area (Å²) in [6.45, 7) is 2.45. The Balaban J connectivity index is 3.09. The zero-order valence-electron chi connectivity index (χ0n) is 7.15. The highest BCUT2D eigenvalue weighted by molar-refractivity contribution is 8.13. The number of amidine groups is 1. The minimum absolute atomic E-state index is 0.126. The van der Waals surface area contributed by atoms with Crippen LogP contribution < -0.4 is 11.3 Å². The minimum atomic E-state index is -0.204. The molecule has 0 aromatic carbocycles. The zero-order valence-corrected chi connectivity index (χ0v) is 7.97. The third-order valence-corrected chi connectivity index (χ3v) is 2.12. The predicted molar refractivity (Wildman–Crippen MR) is 51.9 cm³/mol. The van der Waals surface area contributed by atoms with E-state index in [1.807, 2.05) is 6.92 Å². The van der Waals surface area contributed by atoms with Gasteiger partial charge < -0.3 is 10.3 Å². The van der Waals surface area contributed by atoms with Crippen LogP contribution in [-0.4, -0.2) is 14.7 Å². The highest BCUT2D eigenvalue weighted by Gasteiger charge is 2.05. The van der Waals surface area contributed by atoms with Crippen molar-refractivity contribution in [1.29, 1.82) is 5.41 Å². The van der Waals surface area contributed by atoms with Crippen LogP contribution in [0.2, 0.25) is 0 Å². The molecule has 1 rings (SSSR count). The quantitative estimate of drug-likeness (QED) is 0.405. The van der Waals surface area contributed by atoms with Gasteiger partial charge in [0, 0.05) is 18.9 Å². The van der Waals surface area contributed by atoms with Crippen molar-refractivity contribution in [3.05, 3.63) is 22.7 Å². The fourth-order valence-electron chi connectivity index (χ4n) is 0.850. The summed E-state index contributed by atoms with van der Waals surface area (Å²) in [6.07, 6.45) is 3.13. The van der Waals surface area contributed by atoms with Crippen LogP contribution in [0.25, 0.3) is 0 Å². The second-order valence-electron chi connectivity index (χ2n) is 2.29. The smallest absolute Gasteiger partial charge is 0.283 e. The fourth-order valence-corrected chi connectivity index (χ4v) is 1.38. The maximum atomic E-state index is 11.5. The lowest BCUT2D eigenvalue weighted by molar-refractivity contribution is 0.693. The number of thioether (sulfide) groups is 1. The average Bonchev–Trinajstić information content (AvgIpc) is 2.08. The van der Waals surface area contributed by atoms with Gasteiger partial charge in [0.05, 0.1) is 0 Å². The van der Waals surface area contributed by atoms with Crippen LogP contribution in [0.5, 0.6) is 0 Å². The Bertz CT molecular complexity index is 373. The van der Waals surface area contributed by atoms with Crippen molar-refractivity contribution in [2.45, 2.75) is 18.5 Å². The first-order chi connectivity index (χ1) is 6.15. The van der Waals surface area contributed by atoms with Crippen molar-refractivity contribution in [1.82, 2.24) is 9.55 Å². The number of hydrogen-bond acceptors (Lipinski definition) is 4. The monoisotopic (exact) mass is 198 g/mol. The van der Waals surface area contributed by atoms with Crippen LogP contribution in [0, 0.1) is 5.41 Å². The lowest BCUT2D eigenvalue weighted by atomic mass is 10.6. The Labute approximate surface area is 79.5 Å². The predicted octanol–water partition coefficient (Wildman–Crippen LogP) is 0.249. The second-order valence-corrected chi connectivity index (χ2v) is 3.32. The van der Waals surface area contributed by atoms with E-state index in [0.29, 0.717) is 6.54 Å². The number of aromatic nitrogens is 2. The van der Waals surface area contributed by atoms with Crippen LogP contribution >= 0.6 is 11.8 Å². The van der Waals surface area contributed by atoms with Gasteiger partial charge in [-0.25, -0.2) is 4.98 Å². The Morgan fingerprint density at radius 2 is 2.54 bits per heavy atom. The van der Waals surface area contributed by atoms with Gasteiger partial charge in [-0.2, -0.15) is 0 Å². The molecule has 0 saturated heterocycles. The highest BCUT2D eigenvalue weighted by atomic mass is 32.2. The molecular formula is C7H10N4OS. The molecule has 3 N–H and O–H groups in total. The SMILES string of the molecule is CCn1ccnc(SC(=N)N)c1=O. The molecule has 0 aliphatic heterocycles. The van der Waals surface area contributed by atoms with Crippen LogP contribution in [-0.2, 0) is 6.54 Å². The molecule has 0 fully saturated rings. The largest absolute Gasteiger partial charge is 0.378 e. The topological polar surface area (TPSA) is 84.8 Å². The first-order valence-electron chi connectivity index (χ1n) is 3.72. The molecule has 0 aliphatic carbocycles. The number of nitrogens with two attached hydrogens (primary N) is 1.